The van der Waals surface area contributed by atoms with Gasteiger partial charge in [-0.15, -0.1) is 0 Å². The molecule has 2 atom stereocenters. The van der Waals surface area contributed by atoms with E-state index in [1.165, 1.54) is 19.3 Å². The molecule has 2 saturated heterocycles. The molecular weight excluding hydrogens is 444 g/mol. The first kappa shape index (κ1) is 24.1. The van der Waals surface area contributed by atoms with Gasteiger partial charge in [-0.25, -0.2) is 0 Å². The summed E-state index contributed by atoms with van der Waals surface area (Å²) in [5, 5.41) is 4.10. The third-order valence-electron chi connectivity index (χ3n) is 7.91. The second kappa shape index (κ2) is 10.6. The number of likely N-dealkylation sites (tertiary alicyclic amines) is 1. The molecule has 5 rings (SSSR count). The molecule has 35 heavy (non-hydrogen) atoms. The van der Waals surface area contributed by atoms with Crippen LogP contribution in [0.5, 0.6) is 5.75 Å². The van der Waals surface area contributed by atoms with Gasteiger partial charge in [-0.1, -0.05) is 31.1 Å². The van der Waals surface area contributed by atoms with Gasteiger partial charge in [-0.05, 0) is 61.1 Å². The Morgan fingerprint density at radius 2 is 1.91 bits per heavy atom. The van der Waals surface area contributed by atoms with E-state index in [0.717, 1.165) is 61.0 Å². The van der Waals surface area contributed by atoms with Crippen LogP contribution in [0.25, 0.3) is 0 Å². The van der Waals surface area contributed by atoms with Crippen molar-refractivity contribution in [1.29, 1.82) is 0 Å². The molecule has 0 bridgehead atoms. The molecule has 3 aliphatic rings. The van der Waals surface area contributed by atoms with Crippen LogP contribution >= 0.6 is 0 Å². The smallest absolute Gasteiger partial charge is 0.324 e. The van der Waals surface area contributed by atoms with Gasteiger partial charge in [0.2, 0.25) is 5.91 Å². The average molecular weight is 483 g/mol. The summed E-state index contributed by atoms with van der Waals surface area (Å²) in [6.07, 6.45) is 5.47. The number of nitrogens with zero attached hydrogens (tertiary/aromatic N) is 4. The maximum Gasteiger partial charge on any atom is 0.324 e. The monoisotopic (exact) mass is 482 g/mol. The Labute approximate surface area is 207 Å². The van der Waals surface area contributed by atoms with Crippen LogP contribution in [0, 0.1) is 17.8 Å². The normalized spacial score (nSPS) is 23.0. The number of anilines is 1. The van der Waals surface area contributed by atoms with E-state index in [0.29, 0.717) is 31.4 Å². The molecule has 2 unspecified atom stereocenters. The van der Waals surface area contributed by atoms with Crippen molar-refractivity contribution < 1.29 is 18.8 Å². The van der Waals surface area contributed by atoms with Crippen LogP contribution < -0.4 is 9.64 Å². The Morgan fingerprint density at radius 3 is 2.57 bits per heavy atom. The lowest BCUT2D eigenvalue weighted by Gasteiger charge is -2.38. The third kappa shape index (κ3) is 5.80. The van der Waals surface area contributed by atoms with Crippen molar-refractivity contribution in [3.8, 4) is 5.75 Å². The Morgan fingerprint density at radius 1 is 1.17 bits per heavy atom. The minimum absolute atomic E-state index is 0.162. The number of ether oxygens (including phenoxy) is 2. The Kier molecular flexibility index (Phi) is 7.27. The highest BCUT2D eigenvalue weighted by molar-refractivity contribution is 5.79. The molecule has 190 valence electrons. The molecule has 1 aromatic carbocycles. The molecular formula is C27H38N4O4. The zero-order valence-electron chi connectivity index (χ0n) is 21.2. The number of rotatable bonds is 10. The lowest BCUT2D eigenvalue weighted by Crippen LogP contribution is -2.54. The summed E-state index contributed by atoms with van der Waals surface area (Å²) in [4.78, 5) is 20.9. The van der Waals surface area contributed by atoms with Gasteiger partial charge in [0, 0.05) is 39.2 Å². The highest BCUT2D eigenvalue weighted by Gasteiger charge is 2.43. The SMILES string of the molecule is COC1CN(C(=O)Cc2ccc(OCCC3CC3C3CCN(c4nc(C(C)C)no4)CC3)cc2)C1. The highest BCUT2D eigenvalue weighted by Crippen LogP contribution is 2.50. The maximum absolute atomic E-state index is 12.3. The first-order valence-electron chi connectivity index (χ1n) is 13.1. The first-order chi connectivity index (χ1) is 17.0. The maximum atomic E-state index is 12.3. The molecule has 1 saturated carbocycles. The molecule has 1 amide bonds. The van der Waals surface area contributed by atoms with E-state index in [1.54, 1.807) is 7.11 Å². The standard InChI is InChI=1S/C27H38N4O4/c1-18(2)26-28-27(35-29-26)30-11-8-20(9-12-30)24-15-21(24)10-13-34-22-6-4-19(5-7-22)14-25(32)31-16-23(17-31)33-3/h4-7,18,20-21,23-24H,8-17H2,1-3H3. The zero-order chi connectivity index (χ0) is 24.4. The van der Waals surface area contributed by atoms with Crippen LogP contribution in [-0.4, -0.2) is 66.9 Å². The summed E-state index contributed by atoms with van der Waals surface area (Å²) in [5.74, 6) is 4.55. The summed E-state index contributed by atoms with van der Waals surface area (Å²) in [6.45, 7) is 8.34. The lowest BCUT2D eigenvalue weighted by atomic mass is 9.90. The zero-order valence-corrected chi connectivity index (χ0v) is 21.2. The number of carbonyl (C=O) groups is 1. The van der Waals surface area contributed by atoms with Crippen molar-refractivity contribution in [3.63, 3.8) is 0 Å². The molecule has 3 heterocycles. The quantitative estimate of drug-likeness (QED) is 0.508. The molecule has 8 heteroatoms. The predicted molar refractivity (Wildman–Crippen MR) is 133 cm³/mol. The van der Waals surface area contributed by atoms with Crippen LogP contribution in [0.2, 0.25) is 0 Å². The van der Waals surface area contributed by atoms with Gasteiger partial charge in [0.15, 0.2) is 5.82 Å². The van der Waals surface area contributed by atoms with Gasteiger partial charge < -0.3 is 23.8 Å². The summed E-state index contributed by atoms with van der Waals surface area (Å²) in [5.41, 5.74) is 1.03. The van der Waals surface area contributed by atoms with Crippen LogP contribution in [0.1, 0.15) is 56.8 Å². The Bertz CT molecular complexity index is 977. The number of hydrogen-bond acceptors (Lipinski definition) is 7. The van der Waals surface area contributed by atoms with Crippen LogP contribution in [-0.2, 0) is 16.0 Å². The van der Waals surface area contributed by atoms with Crippen molar-refractivity contribution in [1.82, 2.24) is 15.0 Å². The van der Waals surface area contributed by atoms with E-state index >= 15 is 0 Å². The van der Waals surface area contributed by atoms with Crippen LogP contribution in [0.3, 0.4) is 0 Å². The molecule has 2 aliphatic heterocycles. The van der Waals surface area contributed by atoms with E-state index in [2.05, 4.69) is 28.9 Å². The van der Waals surface area contributed by atoms with E-state index in [-0.39, 0.29) is 12.0 Å². The second-order valence-corrected chi connectivity index (χ2v) is 10.7. The van der Waals surface area contributed by atoms with Crippen LogP contribution in [0.15, 0.2) is 28.8 Å². The summed E-state index contributed by atoms with van der Waals surface area (Å²) in [6, 6.07) is 8.66. The van der Waals surface area contributed by atoms with E-state index in [4.69, 9.17) is 14.0 Å². The topological polar surface area (TPSA) is 80.9 Å². The first-order valence-corrected chi connectivity index (χ1v) is 13.1. The van der Waals surface area contributed by atoms with Crippen molar-refractivity contribution in [3.05, 3.63) is 35.7 Å². The van der Waals surface area contributed by atoms with Gasteiger partial charge in [0.25, 0.3) is 0 Å². The largest absolute Gasteiger partial charge is 0.494 e. The van der Waals surface area contributed by atoms with Crippen molar-refractivity contribution in [2.75, 3.05) is 44.8 Å². The average Bonchev–Trinajstić information content (AvgIpc) is 3.42. The van der Waals surface area contributed by atoms with E-state index in [1.807, 2.05) is 29.2 Å². The predicted octanol–water partition coefficient (Wildman–Crippen LogP) is 3.91. The van der Waals surface area contributed by atoms with Gasteiger partial charge in [-0.2, -0.15) is 4.98 Å². The van der Waals surface area contributed by atoms with E-state index in [9.17, 15) is 4.79 Å². The van der Waals surface area contributed by atoms with Crippen molar-refractivity contribution in [2.24, 2.45) is 17.8 Å². The highest BCUT2D eigenvalue weighted by atomic mass is 16.5. The number of methoxy groups -OCH3 is 1. The minimum atomic E-state index is 0.162. The molecule has 3 fully saturated rings. The van der Waals surface area contributed by atoms with Crippen molar-refractivity contribution >= 4 is 11.9 Å². The molecule has 1 aromatic heterocycles. The number of benzene rings is 1. The molecule has 0 N–H and O–H groups in total. The number of piperidine rings is 1. The van der Waals surface area contributed by atoms with Gasteiger partial charge in [-0.3, -0.25) is 4.79 Å². The van der Waals surface area contributed by atoms with Crippen molar-refractivity contribution in [2.45, 2.75) is 58.0 Å². The van der Waals surface area contributed by atoms with Gasteiger partial charge >= 0.3 is 6.01 Å². The fourth-order valence-electron chi connectivity index (χ4n) is 5.40. The number of carbonyl (C=O) groups excluding carboxylic acids is 1. The Hall–Kier alpha value is -2.61. The fraction of sp³-hybridized carbons (Fsp3) is 0.667. The molecule has 0 spiro atoms. The lowest BCUT2D eigenvalue weighted by molar-refractivity contribution is -0.142. The fourth-order valence-corrected chi connectivity index (χ4v) is 5.40. The summed E-state index contributed by atoms with van der Waals surface area (Å²) < 4.78 is 16.7. The van der Waals surface area contributed by atoms with E-state index < -0.39 is 0 Å². The molecule has 0 radical (unpaired) electrons. The van der Waals surface area contributed by atoms with Gasteiger partial charge in [0.1, 0.15) is 5.75 Å². The molecule has 2 aromatic rings. The molecule has 8 nitrogen and oxygen atoms in total. The number of aromatic nitrogens is 2. The third-order valence-corrected chi connectivity index (χ3v) is 7.91. The second-order valence-electron chi connectivity index (χ2n) is 10.7. The Balaban J connectivity index is 0.981. The minimum Gasteiger partial charge on any atom is -0.494 e. The van der Waals surface area contributed by atoms with Gasteiger partial charge in [0.05, 0.1) is 19.1 Å². The summed E-state index contributed by atoms with van der Waals surface area (Å²) >= 11 is 0. The number of amides is 1. The molecule has 1 aliphatic carbocycles. The number of hydrogen-bond donors (Lipinski definition) is 0. The summed E-state index contributed by atoms with van der Waals surface area (Å²) in [7, 11) is 1.69. The van der Waals surface area contributed by atoms with Crippen LogP contribution in [0.4, 0.5) is 6.01 Å².